The minimum Gasteiger partial charge on any atom is -0.508 e. The van der Waals surface area contributed by atoms with E-state index >= 15 is 0 Å². The van der Waals surface area contributed by atoms with Crippen LogP contribution in [-0.2, 0) is 0 Å². The molecular formula is C14H9ClN2O. The van der Waals surface area contributed by atoms with Gasteiger partial charge in [-0.15, -0.1) is 0 Å². The molecule has 18 heavy (non-hydrogen) atoms. The van der Waals surface area contributed by atoms with Gasteiger partial charge in [-0.05, 0) is 30.3 Å². The Bertz CT molecular complexity index is 711. The van der Waals surface area contributed by atoms with Crippen LogP contribution in [0.1, 0.15) is 0 Å². The van der Waals surface area contributed by atoms with Crippen molar-refractivity contribution in [1.82, 2.24) is 9.97 Å². The fraction of sp³-hybridized carbons (Fsp3) is 0. The molecule has 0 atom stereocenters. The monoisotopic (exact) mass is 256 g/mol. The van der Waals surface area contributed by atoms with E-state index in [1.165, 1.54) is 0 Å². The fourth-order valence-electron chi connectivity index (χ4n) is 1.77. The van der Waals surface area contributed by atoms with E-state index in [1.807, 2.05) is 12.1 Å². The molecule has 0 bridgehead atoms. The Kier molecular flexibility index (Phi) is 2.61. The van der Waals surface area contributed by atoms with E-state index in [-0.39, 0.29) is 5.75 Å². The maximum Gasteiger partial charge on any atom is 0.159 e. The molecule has 0 aliphatic carbocycles. The zero-order valence-electron chi connectivity index (χ0n) is 9.34. The van der Waals surface area contributed by atoms with Crippen LogP contribution in [0, 0.1) is 0 Å². The quantitative estimate of drug-likeness (QED) is 0.723. The Hall–Kier alpha value is -2.13. The highest BCUT2D eigenvalue weighted by Gasteiger charge is 2.05. The molecule has 0 aliphatic rings. The first-order valence-corrected chi connectivity index (χ1v) is 5.82. The molecule has 3 aromatic rings. The van der Waals surface area contributed by atoms with Crippen molar-refractivity contribution in [2.24, 2.45) is 0 Å². The average molecular weight is 257 g/mol. The average Bonchev–Trinajstić information content (AvgIpc) is 2.40. The summed E-state index contributed by atoms with van der Waals surface area (Å²) in [6.45, 7) is 0. The molecule has 0 saturated carbocycles. The number of aromatic nitrogens is 2. The molecule has 3 rings (SSSR count). The molecule has 0 spiro atoms. The van der Waals surface area contributed by atoms with Crippen LogP contribution in [0.4, 0.5) is 0 Å². The maximum absolute atomic E-state index is 9.26. The molecule has 3 nitrogen and oxygen atoms in total. The van der Waals surface area contributed by atoms with Gasteiger partial charge < -0.3 is 5.11 Å². The molecule has 0 saturated heterocycles. The van der Waals surface area contributed by atoms with Crippen molar-refractivity contribution >= 4 is 22.5 Å². The molecule has 0 amide bonds. The van der Waals surface area contributed by atoms with Crippen molar-refractivity contribution in [3.63, 3.8) is 0 Å². The summed E-state index contributed by atoms with van der Waals surface area (Å²) in [5.74, 6) is 0.813. The highest BCUT2D eigenvalue weighted by atomic mass is 35.5. The van der Waals surface area contributed by atoms with Gasteiger partial charge in [0.2, 0.25) is 0 Å². The van der Waals surface area contributed by atoms with E-state index < -0.39 is 0 Å². The van der Waals surface area contributed by atoms with Gasteiger partial charge in [-0.2, -0.15) is 0 Å². The summed E-state index contributed by atoms with van der Waals surface area (Å²) < 4.78 is 0. The molecule has 0 aliphatic heterocycles. The fourth-order valence-corrected chi connectivity index (χ4v) is 1.99. The summed E-state index contributed by atoms with van der Waals surface area (Å²) >= 11 is 6.11. The zero-order valence-corrected chi connectivity index (χ0v) is 10.1. The van der Waals surface area contributed by atoms with Gasteiger partial charge in [-0.25, -0.2) is 9.97 Å². The Labute approximate surface area is 109 Å². The lowest BCUT2D eigenvalue weighted by Crippen LogP contribution is -1.90. The third-order valence-electron chi connectivity index (χ3n) is 2.69. The van der Waals surface area contributed by atoms with Crippen molar-refractivity contribution in [3.05, 3.63) is 53.7 Å². The Morgan fingerprint density at radius 3 is 2.56 bits per heavy atom. The standard InChI is InChI=1S/C14H9ClN2O/c15-12-3-1-2-10-8-16-14(17-13(10)12)9-4-6-11(18)7-5-9/h1-8,18H. The van der Waals surface area contributed by atoms with Crippen molar-refractivity contribution in [2.45, 2.75) is 0 Å². The van der Waals surface area contributed by atoms with Gasteiger partial charge in [-0.1, -0.05) is 23.7 Å². The second-order valence-electron chi connectivity index (χ2n) is 3.92. The van der Waals surface area contributed by atoms with Crippen molar-refractivity contribution in [2.75, 3.05) is 0 Å². The minimum atomic E-state index is 0.220. The second kappa shape index (κ2) is 4.27. The third kappa shape index (κ3) is 1.89. The van der Waals surface area contributed by atoms with Gasteiger partial charge in [0.05, 0.1) is 10.5 Å². The summed E-state index contributed by atoms with van der Waals surface area (Å²) in [5.41, 5.74) is 1.58. The Morgan fingerprint density at radius 1 is 1.00 bits per heavy atom. The van der Waals surface area contributed by atoms with Crippen LogP contribution >= 0.6 is 11.6 Å². The molecular weight excluding hydrogens is 248 g/mol. The summed E-state index contributed by atoms with van der Waals surface area (Å²) in [6.07, 6.45) is 1.75. The van der Waals surface area contributed by atoms with E-state index in [0.717, 1.165) is 16.5 Å². The molecule has 0 unspecified atom stereocenters. The first kappa shape index (κ1) is 11.0. The molecule has 0 fully saturated rings. The van der Waals surface area contributed by atoms with E-state index in [1.54, 1.807) is 36.5 Å². The Morgan fingerprint density at radius 2 is 1.78 bits per heavy atom. The van der Waals surface area contributed by atoms with Gasteiger partial charge in [-0.3, -0.25) is 0 Å². The normalized spacial score (nSPS) is 10.7. The SMILES string of the molecule is Oc1ccc(-c2ncc3cccc(Cl)c3n2)cc1. The van der Waals surface area contributed by atoms with Crippen molar-refractivity contribution in [1.29, 1.82) is 0 Å². The molecule has 1 N–H and O–H groups in total. The molecule has 88 valence electrons. The van der Waals surface area contributed by atoms with Crippen molar-refractivity contribution < 1.29 is 5.11 Å². The summed E-state index contributed by atoms with van der Waals surface area (Å²) in [6, 6.07) is 12.3. The number of phenols is 1. The number of hydrogen-bond acceptors (Lipinski definition) is 3. The van der Waals surface area contributed by atoms with Crippen LogP contribution in [-0.4, -0.2) is 15.1 Å². The summed E-state index contributed by atoms with van der Waals surface area (Å²) in [5, 5.41) is 10.8. The van der Waals surface area contributed by atoms with E-state index in [9.17, 15) is 5.11 Å². The number of hydrogen-bond donors (Lipinski definition) is 1. The first-order chi connectivity index (χ1) is 8.74. The van der Waals surface area contributed by atoms with Crippen LogP contribution in [0.5, 0.6) is 5.75 Å². The smallest absolute Gasteiger partial charge is 0.159 e. The largest absolute Gasteiger partial charge is 0.508 e. The van der Waals surface area contributed by atoms with Crippen LogP contribution in [0.25, 0.3) is 22.3 Å². The number of nitrogens with zero attached hydrogens (tertiary/aromatic N) is 2. The van der Waals surface area contributed by atoms with Gasteiger partial charge >= 0.3 is 0 Å². The number of rotatable bonds is 1. The third-order valence-corrected chi connectivity index (χ3v) is 2.99. The number of fused-ring (bicyclic) bond motifs is 1. The van der Waals surface area contributed by atoms with Crippen LogP contribution in [0.2, 0.25) is 5.02 Å². The lowest BCUT2D eigenvalue weighted by molar-refractivity contribution is 0.475. The molecule has 0 radical (unpaired) electrons. The highest BCUT2D eigenvalue weighted by Crippen LogP contribution is 2.24. The Balaban J connectivity index is 2.18. The highest BCUT2D eigenvalue weighted by molar-refractivity contribution is 6.35. The lowest BCUT2D eigenvalue weighted by atomic mass is 10.2. The van der Waals surface area contributed by atoms with Gasteiger partial charge in [0.15, 0.2) is 5.82 Å². The topological polar surface area (TPSA) is 46.0 Å². The van der Waals surface area contributed by atoms with Crippen LogP contribution in [0.15, 0.2) is 48.7 Å². The first-order valence-electron chi connectivity index (χ1n) is 5.45. The number of aromatic hydroxyl groups is 1. The lowest BCUT2D eigenvalue weighted by Gasteiger charge is -2.03. The second-order valence-corrected chi connectivity index (χ2v) is 4.33. The number of halogens is 1. The summed E-state index contributed by atoms with van der Waals surface area (Å²) in [7, 11) is 0. The molecule has 4 heteroatoms. The number of phenolic OH excluding ortho intramolecular Hbond substituents is 1. The van der Waals surface area contributed by atoms with Gasteiger partial charge in [0.1, 0.15) is 5.75 Å². The molecule has 2 aromatic carbocycles. The van der Waals surface area contributed by atoms with E-state index in [4.69, 9.17) is 11.6 Å². The van der Waals surface area contributed by atoms with Gasteiger partial charge in [0, 0.05) is 17.1 Å². The van der Waals surface area contributed by atoms with Crippen LogP contribution < -0.4 is 0 Å². The predicted molar refractivity (Wildman–Crippen MR) is 71.6 cm³/mol. The minimum absolute atomic E-state index is 0.220. The number of para-hydroxylation sites is 1. The molecule has 1 heterocycles. The van der Waals surface area contributed by atoms with Crippen molar-refractivity contribution in [3.8, 4) is 17.1 Å². The maximum atomic E-state index is 9.26. The van der Waals surface area contributed by atoms with Crippen LogP contribution in [0.3, 0.4) is 0 Å². The predicted octanol–water partition coefficient (Wildman–Crippen LogP) is 3.66. The zero-order chi connectivity index (χ0) is 12.5. The van der Waals surface area contributed by atoms with E-state index in [0.29, 0.717) is 10.8 Å². The van der Waals surface area contributed by atoms with Gasteiger partial charge in [0.25, 0.3) is 0 Å². The van der Waals surface area contributed by atoms with E-state index in [2.05, 4.69) is 9.97 Å². The number of benzene rings is 2. The molecule has 1 aromatic heterocycles. The summed E-state index contributed by atoms with van der Waals surface area (Å²) in [4.78, 5) is 8.75.